The molecule has 2 aromatic rings. The third-order valence-electron chi connectivity index (χ3n) is 2.73. The molecule has 0 atom stereocenters. The highest BCUT2D eigenvalue weighted by Gasteiger charge is 2.35. The van der Waals surface area contributed by atoms with Crippen LogP contribution in [0.15, 0.2) is 48.5 Å². The third kappa shape index (κ3) is 4.42. The van der Waals surface area contributed by atoms with E-state index in [1.807, 2.05) is 24.3 Å². The van der Waals surface area contributed by atoms with Crippen molar-refractivity contribution in [2.75, 3.05) is 0 Å². The van der Waals surface area contributed by atoms with Gasteiger partial charge in [0, 0.05) is 10.0 Å². The number of benzene rings is 2. The van der Waals surface area contributed by atoms with Gasteiger partial charge in [0.25, 0.3) is 0 Å². The fraction of sp³-hybridized carbons (Fsp3) is 0.143. The van der Waals surface area contributed by atoms with Crippen molar-refractivity contribution in [2.45, 2.75) is 9.71 Å². The van der Waals surface area contributed by atoms with E-state index < -0.39 is 3.79 Å². The van der Waals surface area contributed by atoms with E-state index in [4.69, 9.17) is 58.0 Å². The zero-order valence-electron chi connectivity index (χ0n) is 10.1. The maximum absolute atomic E-state index is 6.11. The first-order valence-electron chi connectivity index (χ1n) is 5.45. The second kappa shape index (κ2) is 7.22. The zero-order chi connectivity index (χ0) is 14.0. The summed E-state index contributed by atoms with van der Waals surface area (Å²) in [5.41, 5.74) is 1.76. The van der Waals surface area contributed by atoms with E-state index in [1.54, 1.807) is 24.3 Å². The fourth-order valence-electron chi connectivity index (χ4n) is 1.88. The highest BCUT2D eigenvalue weighted by molar-refractivity contribution is 6.68. The van der Waals surface area contributed by atoms with E-state index in [-0.39, 0.29) is 11.4 Å². The summed E-state index contributed by atoms with van der Waals surface area (Å²) in [5.74, 6) is -0.382. The summed E-state index contributed by atoms with van der Waals surface area (Å²) in [6.45, 7) is 0. The summed E-state index contributed by atoms with van der Waals surface area (Å²) in [6, 6.07) is 14.5. The van der Waals surface area contributed by atoms with E-state index >= 15 is 0 Å². The molecule has 20 heavy (non-hydrogen) atoms. The molecule has 0 aliphatic carbocycles. The van der Waals surface area contributed by atoms with Gasteiger partial charge in [-0.1, -0.05) is 82.3 Å². The quantitative estimate of drug-likeness (QED) is 0.608. The SMILES string of the molecule is Clc1ccc(C(c2ccc(Cl)cc2)C(Cl)(Cl)Cl)cc1.O. The highest BCUT2D eigenvalue weighted by Crippen LogP contribution is 2.45. The lowest BCUT2D eigenvalue weighted by Gasteiger charge is -2.25. The number of halogens is 5. The summed E-state index contributed by atoms with van der Waals surface area (Å²) in [5, 5.41) is 1.28. The van der Waals surface area contributed by atoms with Crippen LogP contribution in [0.3, 0.4) is 0 Å². The maximum atomic E-state index is 6.11. The molecule has 108 valence electrons. The molecule has 0 heterocycles. The van der Waals surface area contributed by atoms with Gasteiger partial charge in [-0.3, -0.25) is 0 Å². The third-order valence-corrected chi connectivity index (χ3v) is 3.89. The van der Waals surface area contributed by atoms with Gasteiger partial charge in [0.2, 0.25) is 3.79 Å². The van der Waals surface area contributed by atoms with Crippen molar-refractivity contribution in [3.05, 3.63) is 69.7 Å². The molecular formula is C14H11Cl5O. The van der Waals surface area contributed by atoms with Crippen LogP contribution in [0.2, 0.25) is 10.0 Å². The summed E-state index contributed by atoms with van der Waals surface area (Å²) < 4.78 is -1.46. The molecule has 1 nitrogen and oxygen atoms in total. The summed E-state index contributed by atoms with van der Waals surface area (Å²) >= 11 is 30.1. The van der Waals surface area contributed by atoms with Gasteiger partial charge < -0.3 is 5.48 Å². The van der Waals surface area contributed by atoms with Crippen molar-refractivity contribution in [1.29, 1.82) is 0 Å². The van der Waals surface area contributed by atoms with Gasteiger partial charge in [-0.05, 0) is 35.4 Å². The average molecular weight is 373 g/mol. The van der Waals surface area contributed by atoms with E-state index in [0.29, 0.717) is 10.0 Å². The van der Waals surface area contributed by atoms with Crippen LogP contribution < -0.4 is 0 Å². The Hall–Kier alpha value is -0.150. The summed E-state index contributed by atoms with van der Waals surface area (Å²) in [4.78, 5) is 0. The summed E-state index contributed by atoms with van der Waals surface area (Å²) in [7, 11) is 0. The lowest BCUT2D eigenvalue weighted by Crippen LogP contribution is -2.18. The number of rotatable bonds is 2. The van der Waals surface area contributed by atoms with Gasteiger partial charge in [-0.15, -0.1) is 0 Å². The van der Waals surface area contributed by atoms with Crippen LogP contribution in [-0.4, -0.2) is 9.27 Å². The van der Waals surface area contributed by atoms with E-state index in [1.165, 1.54) is 0 Å². The van der Waals surface area contributed by atoms with Crippen LogP contribution >= 0.6 is 58.0 Å². The van der Waals surface area contributed by atoms with Gasteiger partial charge in [0.15, 0.2) is 0 Å². The predicted octanol–water partition coefficient (Wildman–Crippen LogP) is 5.67. The molecule has 2 aromatic carbocycles. The van der Waals surface area contributed by atoms with Crippen LogP contribution in [0.5, 0.6) is 0 Å². The molecule has 2 rings (SSSR count). The fourth-order valence-corrected chi connectivity index (χ4v) is 2.89. The molecule has 0 saturated carbocycles. The minimum absolute atomic E-state index is 0. The van der Waals surface area contributed by atoms with Crippen LogP contribution in [0, 0.1) is 0 Å². The normalized spacial score (nSPS) is 11.3. The number of alkyl halides is 3. The molecule has 0 amide bonds. The topological polar surface area (TPSA) is 31.5 Å². The van der Waals surface area contributed by atoms with E-state index in [9.17, 15) is 0 Å². The monoisotopic (exact) mass is 370 g/mol. The zero-order valence-corrected chi connectivity index (χ0v) is 13.9. The largest absolute Gasteiger partial charge is 0.412 e. The smallest absolute Gasteiger partial charge is 0.201 e. The Balaban J connectivity index is 0.00000200. The molecule has 0 radical (unpaired) electrons. The van der Waals surface area contributed by atoms with E-state index in [2.05, 4.69) is 0 Å². The molecule has 0 saturated heterocycles. The molecule has 0 fully saturated rings. The Morgan fingerprint density at radius 1 is 0.650 bits per heavy atom. The number of hydrogen-bond donors (Lipinski definition) is 0. The minimum Gasteiger partial charge on any atom is -0.412 e. The second-order valence-corrected chi connectivity index (χ2v) is 7.32. The highest BCUT2D eigenvalue weighted by atomic mass is 35.6. The average Bonchev–Trinajstić information content (AvgIpc) is 2.33. The van der Waals surface area contributed by atoms with Crippen molar-refractivity contribution in [1.82, 2.24) is 0 Å². The Morgan fingerprint density at radius 2 is 0.950 bits per heavy atom. The Morgan fingerprint density at radius 3 is 1.20 bits per heavy atom. The molecule has 0 aliphatic heterocycles. The van der Waals surface area contributed by atoms with E-state index in [0.717, 1.165) is 11.1 Å². The molecule has 2 N–H and O–H groups in total. The maximum Gasteiger partial charge on any atom is 0.201 e. The van der Waals surface area contributed by atoms with Gasteiger partial charge in [-0.25, -0.2) is 0 Å². The lowest BCUT2D eigenvalue weighted by atomic mass is 9.92. The molecule has 0 aliphatic rings. The van der Waals surface area contributed by atoms with Crippen molar-refractivity contribution < 1.29 is 5.48 Å². The van der Waals surface area contributed by atoms with Gasteiger partial charge in [-0.2, -0.15) is 0 Å². The van der Waals surface area contributed by atoms with Crippen LogP contribution in [0.4, 0.5) is 0 Å². The molecule has 6 heteroatoms. The Bertz CT molecular complexity index is 500. The first-order chi connectivity index (χ1) is 8.88. The van der Waals surface area contributed by atoms with Crippen LogP contribution in [0.1, 0.15) is 17.0 Å². The Kier molecular flexibility index (Phi) is 6.46. The Labute approximate surface area is 142 Å². The molecular weight excluding hydrogens is 361 g/mol. The van der Waals surface area contributed by atoms with Crippen LogP contribution in [0.25, 0.3) is 0 Å². The summed E-state index contributed by atoms with van der Waals surface area (Å²) in [6.07, 6.45) is 0. The standard InChI is InChI=1S/C14H9Cl5.H2O/c15-11-5-1-9(2-6-11)13(14(17,18)19)10-3-7-12(16)8-4-10;/h1-8,13H;1H2. The van der Waals surface area contributed by atoms with Crippen molar-refractivity contribution in [3.63, 3.8) is 0 Å². The van der Waals surface area contributed by atoms with Crippen molar-refractivity contribution in [3.8, 4) is 0 Å². The predicted molar refractivity (Wildman–Crippen MR) is 88.7 cm³/mol. The number of hydrogen-bond acceptors (Lipinski definition) is 0. The second-order valence-electron chi connectivity index (χ2n) is 4.08. The molecule has 0 aromatic heterocycles. The molecule has 0 spiro atoms. The van der Waals surface area contributed by atoms with Crippen LogP contribution in [-0.2, 0) is 0 Å². The van der Waals surface area contributed by atoms with Gasteiger partial charge in [0.05, 0.1) is 5.92 Å². The lowest BCUT2D eigenvalue weighted by molar-refractivity contribution is 0.824. The minimum atomic E-state index is -1.46. The molecule has 0 bridgehead atoms. The van der Waals surface area contributed by atoms with Gasteiger partial charge >= 0.3 is 0 Å². The van der Waals surface area contributed by atoms with Crippen molar-refractivity contribution >= 4 is 58.0 Å². The first-order valence-corrected chi connectivity index (χ1v) is 7.34. The molecule has 0 unspecified atom stereocenters. The first kappa shape index (κ1) is 17.9. The van der Waals surface area contributed by atoms with Crippen molar-refractivity contribution in [2.24, 2.45) is 0 Å². The van der Waals surface area contributed by atoms with Gasteiger partial charge in [0.1, 0.15) is 0 Å².